The van der Waals surface area contributed by atoms with Crippen molar-refractivity contribution in [2.24, 2.45) is 0 Å². The van der Waals surface area contributed by atoms with Crippen molar-refractivity contribution >= 4 is 17.3 Å². The first kappa shape index (κ1) is 13.5. The Labute approximate surface area is 112 Å². The molecule has 104 valence electrons. The lowest BCUT2D eigenvalue weighted by atomic mass is 10.1. The molecule has 19 heavy (non-hydrogen) atoms. The van der Waals surface area contributed by atoms with Crippen LogP contribution in [0.5, 0.6) is 0 Å². The predicted octanol–water partition coefficient (Wildman–Crippen LogP) is 1.10. The predicted molar refractivity (Wildman–Crippen MR) is 74.2 cm³/mol. The average Bonchev–Trinajstić information content (AvgIpc) is 2.38. The van der Waals surface area contributed by atoms with Crippen LogP contribution in [0.25, 0.3) is 0 Å². The quantitative estimate of drug-likeness (QED) is 0.650. The van der Waals surface area contributed by atoms with Crippen LogP contribution in [0.4, 0.5) is 17.3 Å². The summed E-state index contributed by atoms with van der Waals surface area (Å²) < 4.78 is 0. The molecule has 0 bridgehead atoms. The van der Waals surface area contributed by atoms with E-state index in [2.05, 4.69) is 23.9 Å². The maximum absolute atomic E-state index is 11.1. The van der Waals surface area contributed by atoms with Crippen molar-refractivity contribution in [3.05, 3.63) is 22.2 Å². The van der Waals surface area contributed by atoms with E-state index < -0.39 is 4.92 Å². The third kappa shape index (κ3) is 2.76. The van der Waals surface area contributed by atoms with Crippen LogP contribution >= 0.6 is 0 Å². The van der Waals surface area contributed by atoms with Gasteiger partial charge in [-0.2, -0.15) is 0 Å². The lowest BCUT2D eigenvalue weighted by Gasteiger charge is -2.39. The highest BCUT2D eigenvalue weighted by Gasteiger charge is 2.28. The highest BCUT2D eigenvalue weighted by atomic mass is 16.6. The maximum Gasteiger partial charge on any atom is 0.311 e. The van der Waals surface area contributed by atoms with Crippen molar-refractivity contribution in [3.63, 3.8) is 0 Å². The molecule has 1 fully saturated rings. The van der Waals surface area contributed by atoms with Crippen LogP contribution in [0.15, 0.2) is 12.1 Å². The monoisotopic (exact) mass is 265 g/mol. The molecule has 2 N–H and O–H groups in total. The van der Waals surface area contributed by atoms with Gasteiger partial charge < -0.3 is 10.6 Å². The third-order valence-corrected chi connectivity index (χ3v) is 3.62. The number of likely N-dealkylation sites (N-methyl/N-ethyl adjacent to an activating group) is 1. The summed E-state index contributed by atoms with van der Waals surface area (Å²) in [5.41, 5.74) is 5.68. The minimum absolute atomic E-state index is 0.0219. The zero-order valence-corrected chi connectivity index (χ0v) is 11.2. The average molecular weight is 265 g/mol. The molecule has 2 heterocycles. The summed E-state index contributed by atoms with van der Waals surface area (Å²) in [6, 6.07) is 3.28. The molecule has 0 radical (unpaired) electrons. The lowest BCUT2D eigenvalue weighted by molar-refractivity contribution is -0.384. The molecule has 0 saturated carbocycles. The Morgan fingerprint density at radius 1 is 1.53 bits per heavy atom. The molecule has 1 aliphatic heterocycles. The van der Waals surface area contributed by atoms with Gasteiger partial charge in [0.1, 0.15) is 5.82 Å². The Morgan fingerprint density at radius 2 is 2.26 bits per heavy atom. The SMILES string of the molecule is CCC1CN(c2nc(N)ccc2[N+](=O)[O-])CCN1C. The van der Waals surface area contributed by atoms with Gasteiger partial charge in [0, 0.05) is 31.7 Å². The zero-order chi connectivity index (χ0) is 14.0. The molecule has 0 aliphatic carbocycles. The van der Waals surface area contributed by atoms with Crippen LogP contribution in [0.3, 0.4) is 0 Å². The van der Waals surface area contributed by atoms with Crippen molar-refractivity contribution in [1.82, 2.24) is 9.88 Å². The molecule has 1 aromatic rings. The van der Waals surface area contributed by atoms with Crippen LogP contribution in [-0.2, 0) is 0 Å². The van der Waals surface area contributed by atoms with E-state index in [9.17, 15) is 10.1 Å². The summed E-state index contributed by atoms with van der Waals surface area (Å²) in [4.78, 5) is 19.1. The Kier molecular flexibility index (Phi) is 3.84. The molecule has 1 aliphatic rings. The molecule has 0 spiro atoms. The summed E-state index contributed by atoms with van der Waals surface area (Å²) >= 11 is 0. The van der Waals surface area contributed by atoms with Gasteiger partial charge >= 0.3 is 5.69 Å². The van der Waals surface area contributed by atoms with E-state index in [-0.39, 0.29) is 5.69 Å². The van der Waals surface area contributed by atoms with Gasteiger partial charge in [-0.15, -0.1) is 0 Å². The van der Waals surface area contributed by atoms with Crippen molar-refractivity contribution in [3.8, 4) is 0 Å². The topological polar surface area (TPSA) is 88.5 Å². The fourth-order valence-electron chi connectivity index (χ4n) is 2.41. The first-order valence-electron chi connectivity index (χ1n) is 6.39. The molecule has 7 heteroatoms. The summed E-state index contributed by atoms with van der Waals surface area (Å²) in [5.74, 6) is 0.698. The van der Waals surface area contributed by atoms with Crippen LogP contribution in [0.2, 0.25) is 0 Å². The minimum atomic E-state index is -0.402. The zero-order valence-electron chi connectivity index (χ0n) is 11.2. The number of nitrogens with two attached hydrogens (primary N) is 1. The number of hydrogen-bond donors (Lipinski definition) is 1. The largest absolute Gasteiger partial charge is 0.384 e. The Hall–Kier alpha value is -1.89. The van der Waals surface area contributed by atoms with E-state index in [1.165, 1.54) is 12.1 Å². The van der Waals surface area contributed by atoms with Gasteiger partial charge in [-0.1, -0.05) is 6.92 Å². The Bertz CT molecular complexity index is 479. The second-order valence-corrected chi connectivity index (χ2v) is 4.82. The van der Waals surface area contributed by atoms with Gasteiger partial charge in [0.05, 0.1) is 4.92 Å². The second kappa shape index (κ2) is 5.40. The summed E-state index contributed by atoms with van der Waals surface area (Å²) in [6.45, 7) is 4.45. The molecular weight excluding hydrogens is 246 g/mol. The molecule has 0 amide bonds. The van der Waals surface area contributed by atoms with Gasteiger partial charge in [0.25, 0.3) is 0 Å². The van der Waals surface area contributed by atoms with E-state index in [0.29, 0.717) is 17.7 Å². The van der Waals surface area contributed by atoms with E-state index >= 15 is 0 Å². The summed E-state index contributed by atoms with van der Waals surface area (Å²) in [6.07, 6.45) is 1.00. The fraction of sp³-hybridized carbons (Fsp3) is 0.583. The van der Waals surface area contributed by atoms with Crippen molar-refractivity contribution in [1.29, 1.82) is 0 Å². The van der Waals surface area contributed by atoms with E-state index in [0.717, 1.165) is 26.1 Å². The minimum Gasteiger partial charge on any atom is -0.384 e. The molecule has 1 unspecified atom stereocenters. The molecular formula is C12H19N5O2. The summed E-state index contributed by atoms with van der Waals surface area (Å²) in [5, 5.41) is 11.1. The molecule has 0 aromatic carbocycles. The summed E-state index contributed by atoms with van der Waals surface area (Å²) in [7, 11) is 2.08. The van der Waals surface area contributed by atoms with Gasteiger partial charge in [-0.3, -0.25) is 15.0 Å². The number of rotatable bonds is 3. The van der Waals surface area contributed by atoms with E-state index in [1.807, 2.05) is 4.90 Å². The Morgan fingerprint density at radius 3 is 2.89 bits per heavy atom. The number of pyridine rings is 1. The number of nitro groups is 1. The van der Waals surface area contributed by atoms with E-state index in [1.54, 1.807) is 0 Å². The first-order chi connectivity index (χ1) is 9.02. The number of anilines is 2. The van der Waals surface area contributed by atoms with Crippen LogP contribution in [0.1, 0.15) is 13.3 Å². The number of nitrogen functional groups attached to an aromatic ring is 1. The lowest BCUT2D eigenvalue weighted by Crippen LogP contribution is -2.51. The molecule has 1 atom stereocenters. The number of nitrogens with zero attached hydrogens (tertiary/aromatic N) is 4. The van der Waals surface area contributed by atoms with Crippen LogP contribution in [-0.4, -0.2) is 47.5 Å². The third-order valence-electron chi connectivity index (χ3n) is 3.62. The van der Waals surface area contributed by atoms with Crippen molar-refractivity contribution in [2.75, 3.05) is 37.3 Å². The number of hydrogen-bond acceptors (Lipinski definition) is 6. The van der Waals surface area contributed by atoms with Gasteiger partial charge in [0.15, 0.2) is 0 Å². The Balaban J connectivity index is 2.31. The maximum atomic E-state index is 11.1. The second-order valence-electron chi connectivity index (χ2n) is 4.82. The molecule has 7 nitrogen and oxygen atoms in total. The standard InChI is InChI=1S/C12H19N5O2/c1-3-9-8-16(7-6-15(9)2)12-10(17(18)19)4-5-11(13)14-12/h4-5,9H,3,6-8H2,1-2H3,(H2,13,14). The first-order valence-corrected chi connectivity index (χ1v) is 6.39. The molecule has 1 aromatic heterocycles. The van der Waals surface area contributed by atoms with Crippen molar-refractivity contribution in [2.45, 2.75) is 19.4 Å². The van der Waals surface area contributed by atoms with Gasteiger partial charge in [-0.05, 0) is 19.5 Å². The normalized spacial score (nSPS) is 20.5. The molecule has 1 saturated heterocycles. The van der Waals surface area contributed by atoms with Gasteiger partial charge in [-0.25, -0.2) is 4.98 Å². The van der Waals surface area contributed by atoms with Crippen molar-refractivity contribution < 1.29 is 4.92 Å². The van der Waals surface area contributed by atoms with Gasteiger partial charge in [0.2, 0.25) is 5.82 Å². The highest BCUT2D eigenvalue weighted by molar-refractivity contribution is 5.61. The number of piperazine rings is 1. The van der Waals surface area contributed by atoms with Crippen LogP contribution < -0.4 is 10.6 Å². The fourth-order valence-corrected chi connectivity index (χ4v) is 2.41. The smallest absolute Gasteiger partial charge is 0.311 e. The highest BCUT2D eigenvalue weighted by Crippen LogP contribution is 2.28. The van der Waals surface area contributed by atoms with Crippen LogP contribution in [0, 0.1) is 10.1 Å². The molecule has 2 rings (SSSR count). The number of aromatic nitrogens is 1. The van der Waals surface area contributed by atoms with E-state index in [4.69, 9.17) is 5.73 Å².